The number of aromatic nitrogens is 3. The molecule has 1 heterocycles. The Hall–Kier alpha value is -2.96. The summed E-state index contributed by atoms with van der Waals surface area (Å²) in [5, 5.41) is 14.5. The zero-order valence-corrected chi connectivity index (χ0v) is 16.0. The van der Waals surface area contributed by atoms with Crippen LogP contribution in [0.2, 0.25) is 5.02 Å². The van der Waals surface area contributed by atoms with Crippen LogP contribution in [0.5, 0.6) is 5.75 Å². The third kappa shape index (κ3) is 3.37. The molecule has 4 rings (SSSR count). The van der Waals surface area contributed by atoms with Crippen LogP contribution in [-0.2, 0) is 0 Å². The Kier molecular flexibility index (Phi) is 4.75. The summed E-state index contributed by atoms with van der Waals surface area (Å²) in [7, 11) is 1.64. The molecule has 0 saturated heterocycles. The van der Waals surface area contributed by atoms with Crippen LogP contribution in [-0.4, -0.2) is 28.2 Å². The van der Waals surface area contributed by atoms with E-state index in [-0.39, 0.29) is 0 Å². The number of nitrogens with zero attached hydrogens (tertiary/aromatic N) is 3. The quantitative estimate of drug-likeness (QED) is 0.377. The zero-order valence-electron chi connectivity index (χ0n) is 14.4. The van der Waals surface area contributed by atoms with Gasteiger partial charge in [-0.15, -0.1) is 0 Å². The van der Waals surface area contributed by atoms with Crippen molar-refractivity contribution in [2.75, 3.05) is 7.11 Å². The monoisotopic (exact) mass is 394 g/mol. The molecule has 0 spiro atoms. The minimum Gasteiger partial charge on any atom is -0.496 e. The lowest BCUT2D eigenvalue weighted by Gasteiger charge is -2.08. The first-order valence-corrected chi connectivity index (χ1v) is 8.99. The normalized spacial score (nSPS) is 11.3. The van der Waals surface area contributed by atoms with E-state index in [1.165, 1.54) is 0 Å². The van der Waals surface area contributed by atoms with Crippen LogP contribution in [0.1, 0.15) is 5.56 Å². The van der Waals surface area contributed by atoms with Crippen molar-refractivity contribution in [2.45, 2.75) is 0 Å². The summed E-state index contributed by atoms with van der Waals surface area (Å²) in [6.07, 6.45) is 1.74. The number of ether oxygens (including phenoxy) is 1. The summed E-state index contributed by atoms with van der Waals surface area (Å²) in [5.74, 6) is 1.34. The minimum atomic E-state index is 0.399. The van der Waals surface area contributed by atoms with Crippen molar-refractivity contribution in [2.24, 2.45) is 5.10 Å². The van der Waals surface area contributed by atoms with Gasteiger partial charge in [-0.25, -0.2) is 5.10 Å². The van der Waals surface area contributed by atoms with Gasteiger partial charge < -0.3 is 4.74 Å². The number of aromatic amines is 1. The Morgan fingerprint density at radius 2 is 1.89 bits per heavy atom. The molecule has 1 N–H and O–H groups in total. The van der Waals surface area contributed by atoms with E-state index in [4.69, 9.17) is 28.6 Å². The number of hydrogen-bond acceptors (Lipinski definition) is 4. The highest BCUT2D eigenvalue weighted by Gasteiger charge is 2.10. The summed E-state index contributed by atoms with van der Waals surface area (Å²) < 4.78 is 7.50. The molecule has 5 nitrogen and oxygen atoms in total. The van der Waals surface area contributed by atoms with Crippen LogP contribution in [0, 0.1) is 4.77 Å². The molecule has 0 amide bonds. The lowest BCUT2D eigenvalue weighted by Crippen LogP contribution is -1.97. The maximum absolute atomic E-state index is 5.98. The fraction of sp³-hybridized carbons (Fsp3) is 0.0500. The van der Waals surface area contributed by atoms with Crippen LogP contribution in [0.3, 0.4) is 0 Å². The number of halogens is 1. The largest absolute Gasteiger partial charge is 0.496 e. The van der Waals surface area contributed by atoms with E-state index in [0.717, 1.165) is 27.6 Å². The second kappa shape index (κ2) is 7.34. The van der Waals surface area contributed by atoms with Gasteiger partial charge in [-0.2, -0.15) is 14.9 Å². The van der Waals surface area contributed by atoms with Crippen LogP contribution in [0.4, 0.5) is 0 Å². The minimum absolute atomic E-state index is 0.399. The highest BCUT2D eigenvalue weighted by Crippen LogP contribution is 2.27. The van der Waals surface area contributed by atoms with E-state index in [9.17, 15) is 0 Å². The molecule has 0 aliphatic rings. The van der Waals surface area contributed by atoms with E-state index in [0.29, 0.717) is 15.6 Å². The summed E-state index contributed by atoms with van der Waals surface area (Å²) in [6, 6.07) is 19.4. The van der Waals surface area contributed by atoms with Gasteiger partial charge in [0.15, 0.2) is 5.82 Å². The molecule has 0 unspecified atom stereocenters. The van der Waals surface area contributed by atoms with Crippen LogP contribution < -0.4 is 4.74 Å². The molecule has 0 radical (unpaired) electrons. The van der Waals surface area contributed by atoms with E-state index < -0.39 is 0 Å². The van der Waals surface area contributed by atoms with E-state index in [1.54, 1.807) is 30.1 Å². The van der Waals surface area contributed by atoms with E-state index >= 15 is 0 Å². The van der Waals surface area contributed by atoms with Crippen molar-refractivity contribution in [3.63, 3.8) is 0 Å². The predicted molar refractivity (Wildman–Crippen MR) is 111 cm³/mol. The van der Waals surface area contributed by atoms with Gasteiger partial charge in [0.2, 0.25) is 4.77 Å². The van der Waals surface area contributed by atoms with Crippen LogP contribution in [0.15, 0.2) is 65.8 Å². The first-order chi connectivity index (χ1) is 13.2. The summed E-state index contributed by atoms with van der Waals surface area (Å²) in [4.78, 5) is 0. The number of H-pyrrole nitrogens is 1. The molecule has 7 heteroatoms. The van der Waals surface area contributed by atoms with Gasteiger partial charge in [-0.05, 0) is 53.3 Å². The highest BCUT2D eigenvalue weighted by molar-refractivity contribution is 7.71. The number of benzene rings is 3. The number of fused-ring (bicyclic) bond motifs is 1. The maximum atomic E-state index is 5.98. The third-order valence-corrected chi connectivity index (χ3v) is 4.72. The first-order valence-electron chi connectivity index (χ1n) is 8.21. The summed E-state index contributed by atoms with van der Waals surface area (Å²) >= 11 is 11.3. The third-order valence-electron chi connectivity index (χ3n) is 4.21. The molecule has 0 atom stereocenters. The zero-order chi connectivity index (χ0) is 18.8. The Balaban J connectivity index is 1.83. The Morgan fingerprint density at radius 1 is 1.11 bits per heavy atom. The summed E-state index contributed by atoms with van der Waals surface area (Å²) in [5.41, 5.74) is 1.73. The Labute approximate surface area is 165 Å². The molecule has 27 heavy (non-hydrogen) atoms. The Morgan fingerprint density at radius 3 is 2.67 bits per heavy atom. The molecular weight excluding hydrogens is 380 g/mol. The highest BCUT2D eigenvalue weighted by atomic mass is 35.5. The standard InChI is InChI=1S/C20H15ClN4OS/c1-26-18-11-8-13-4-2-3-5-16(13)17(18)12-22-25-19(23-24-20(25)27)14-6-9-15(21)10-7-14/h2-12H,1H3,(H,24,27). The summed E-state index contributed by atoms with van der Waals surface area (Å²) in [6.45, 7) is 0. The number of methoxy groups -OCH3 is 1. The van der Waals surface area contributed by atoms with Gasteiger partial charge in [0, 0.05) is 16.1 Å². The molecule has 0 aliphatic carbocycles. The molecule has 1 aromatic heterocycles. The van der Waals surface area contributed by atoms with Gasteiger partial charge in [0.05, 0.1) is 13.3 Å². The molecule has 134 valence electrons. The van der Waals surface area contributed by atoms with Gasteiger partial charge in [-0.1, -0.05) is 41.9 Å². The van der Waals surface area contributed by atoms with Crippen molar-refractivity contribution >= 4 is 40.8 Å². The molecular formula is C20H15ClN4OS. The second-order valence-corrected chi connectivity index (χ2v) is 6.64. The lowest BCUT2D eigenvalue weighted by molar-refractivity contribution is 0.415. The van der Waals surface area contributed by atoms with Crippen molar-refractivity contribution in [3.8, 4) is 17.1 Å². The van der Waals surface area contributed by atoms with Gasteiger partial charge in [-0.3, -0.25) is 0 Å². The van der Waals surface area contributed by atoms with E-state index in [1.807, 2.05) is 42.5 Å². The average Bonchev–Trinajstić information content (AvgIpc) is 3.07. The lowest BCUT2D eigenvalue weighted by atomic mass is 10.0. The van der Waals surface area contributed by atoms with Gasteiger partial charge in [0.25, 0.3) is 0 Å². The topological polar surface area (TPSA) is 55.2 Å². The van der Waals surface area contributed by atoms with Crippen molar-refractivity contribution in [1.29, 1.82) is 0 Å². The average molecular weight is 395 g/mol. The van der Waals surface area contributed by atoms with Gasteiger partial charge >= 0.3 is 0 Å². The molecule has 3 aromatic carbocycles. The Bertz CT molecular complexity index is 1190. The first kappa shape index (κ1) is 17.5. The van der Waals surface area contributed by atoms with Crippen LogP contribution in [0.25, 0.3) is 22.2 Å². The second-order valence-electron chi connectivity index (χ2n) is 5.82. The predicted octanol–water partition coefficient (Wildman–Crippen LogP) is 5.31. The molecule has 4 aromatic rings. The number of nitrogens with one attached hydrogen (secondary N) is 1. The van der Waals surface area contributed by atoms with Crippen molar-refractivity contribution in [1.82, 2.24) is 14.9 Å². The van der Waals surface area contributed by atoms with E-state index in [2.05, 4.69) is 21.4 Å². The molecule has 0 aliphatic heterocycles. The fourth-order valence-electron chi connectivity index (χ4n) is 2.89. The van der Waals surface area contributed by atoms with Crippen LogP contribution >= 0.6 is 23.8 Å². The van der Waals surface area contributed by atoms with Gasteiger partial charge in [0.1, 0.15) is 5.75 Å². The molecule has 0 saturated carbocycles. The molecule has 0 bridgehead atoms. The molecule has 0 fully saturated rings. The fourth-order valence-corrected chi connectivity index (χ4v) is 3.19. The van der Waals surface area contributed by atoms with Crippen molar-refractivity contribution in [3.05, 3.63) is 76.0 Å². The SMILES string of the molecule is COc1ccc2ccccc2c1C=Nn1c(-c2ccc(Cl)cc2)n[nH]c1=S. The number of hydrogen-bond donors (Lipinski definition) is 1. The van der Waals surface area contributed by atoms with Crippen molar-refractivity contribution < 1.29 is 4.74 Å². The maximum Gasteiger partial charge on any atom is 0.216 e. The number of rotatable bonds is 4. The smallest absolute Gasteiger partial charge is 0.216 e.